The van der Waals surface area contributed by atoms with E-state index in [1.165, 1.54) is 66.7 Å². The number of hydrogen-bond donors (Lipinski definition) is 0. The van der Waals surface area contributed by atoms with E-state index in [9.17, 15) is 17.6 Å². The van der Waals surface area contributed by atoms with Crippen LogP contribution in [-0.2, 0) is 14.8 Å². The fourth-order valence-corrected chi connectivity index (χ4v) is 8.28. The van der Waals surface area contributed by atoms with Crippen LogP contribution in [0, 0.1) is 5.82 Å². The van der Waals surface area contributed by atoms with Crippen LogP contribution in [0.1, 0.15) is 63.0 Å². The van der Waals surface area contributed by atoms with E-state index in [1.54, 1.807) is 23.1 Å². The second kappa shape index (κ2) is 12.5. The molecule has 2 aromatic rings. The third-order valence-electron chi connectivity index (χ3n) is 8.40. The number of rotatable bonds is 6. The minimum Gasteiger partial charge on any atom is -0.448 e. The van der Waals surface area contributed by atoms with E-state index >= 15 is 0 Å². The summed E-state index contributed by atoms with van der Waals surface area (Å²) in [6, 6.07) is 11.5. The van der Waals surface area contributed by atoms with Gasteiger partial charge in [0.05, 0.1) is 17.0 Å². The average molecular weight is 578 g/mol. The summed E-state index contributed by atoms with van der Waals surface area (Å²) in [5.41, 5.74) is 0.324. The molecule has 1 saturated carbocycles. The van der Waals surface area contributed by atoms with Gasteiger partial charge < -0.3 is 9.64 Å². The molecule has 1 aliphatic carbocycles. The Balaban J connectivity index is 1.30. The Morgan fingerprint density at radius 1 is 0.897 bits per heavy atom. The number of halogens is 2. The highest BCUT2D eigenvalue weighted by atomic mass is 35.5. The lowest BCUT2D eigenvalue weighted by atomic mass is 9.93. The van der Waals surface area contributed by atoms with Gasteiger partial charge in [0.15, 0.2) is 0 Å². The molecule has 212 valence electrons. The standard InChI is InChI=1S/C29H37ClFN3O4S/c30-22-13-15-25(16-14-22)39(36,37)34-24(9-6-12-28(34)26-10-4-5-11-27(26)31)21-38-29(35)33-19-17-32(18-20-33)23-7-2-1-3-8-23/h4-5,10-11,13-16,23-24,28H,1-3,6-9,12,17-21H2/t24-,28+/m1/s1. The van der Waals surface area contributed by atoms with E-state index in [0.717, 1.165) is 13.1 Å². The summed E-state index contributed by atoms with van der Waals surface area (Å²) in [6.07, 6.45) is 7.58. The lowest BCUT2D eigenvalue weighted by Gasteiger charge is -2.42. The molecule has 2 aromatic carbocycles. The SMILES string of the molecule is O=C(OC[C@H]1CCC[C@@H](c2ccccc2F)N1S(=O)(=O)c1ccc(Cl)cc1)N1CCN(C2CCCCC2)CC1. The third kappa shape index (κ3) is 6.42. The number of sulfonamides is 1. The van der Waals surface area contributed by atoms with Crippen LogP contribution in [0.2, 0.25) is 5.02 Å². The smallest absolute Gasteiger partial charge is 0.409 e. The number of ether oxygens (including phenoxy) is 1. The molecule has 7 nitrogen and oxygen atoms in total. The first-order valence-electron chi connectivity index (χ1n) is 14.0. The van der Waals surface area contributed by atoms with E-state index in [0.29, 0.717) is 49.0 Å². The first-order chi connectivity index (χ1) is 18.8. The van der Waals surface area contributed by atoms with E-state index in [1.807, 2.05) is 0 Å². The van der Waals surface area contributed by atoms with Crippen molar-refractivity contribution in [3.05, 3.63) is 64.9 Å². The Kier molecular flexibility index (Phi) is 9.11. The molecule has 0 aromatic heterocycles. The molecule has 3 fully saturated rings. The Bertz CT molecular complexity index is 1230. The molecule has 39 heavy (non-hydrogen) atoms. The van der Waals surface area contributed by atoms with Gasteiger partial charge in [0, 0.05) is 42.8 Å². The molecule has 10 heteroatoms. The molecule has 0 unspecified atom stereocenters. The van der Waals surface area contributed by atoms with Crippen LogP contribution in [0.4, 0.5) is 9.18 Å². The first kappa shape index (κ1) is 28.3. The summed E-state index contributed by atoms with van der Waals surface area (Å²) >= 11 is 6.01. The molecular weight excluding hydrogens is 541 g/mol. The van der Waals surface area contributed by atoms with Crippen molar-refractivity contribution in [1.82, 2.24) is 14.1 Å². The normalized spacial score (nSPS) is 24.0. The molecule has 0 radical (unpaired) electrons. The van der Waals surface area contributed by atoms with Gasteiger partial charge in [-0.1, -0.05) is 49.1 Å². The Morgan fingerprint density at radius 2 is 1.59 bits per heavy atom. The molecule has 3 aliphatic rings. The highest BCUT2D eigenvalue weighted by Gasteiger charge is 2.42. The van der Waals surface area contributed by atoms with Crippen LogP contribution >= 0.6 is 11.6 Å². The van der Waals surface area contributed by atoms with Crippen molar-refractivity contribution >= 4 is 27.7 Å². The monoisotopic (exact) mass is 577 g/mol. The second-order valence-corrected chi connectivity index (χ2v) is 13.1. The molecule has 2 aliphatic heterocycles. The minimum atomic E-state index is -4.04. The Labute approximate surface area is 235 Å². The second-order valence-electron chi connectivity index (χ2n) is 10.8. The van der Waals surface area contributed by atoms with E-state index in [-0.39, 0.29) is 11.5 Å². The molecule has 0 spiro atoms. The lowest BCUT2D eigenvalue weighted by Crippen LogP contribution is -2.53. The fraction of sp³-hybridized carbons (Fsp3) is 0.552. The summed E-state index contributed by atoms with van der Waals surface area (Å²) in [6.45, 7) is 2.78. The first-order valence-corrected chi connectivity index (χ1v) is 15.9. The maximum atomic E-state index is 14.9. The zero-order chi connectivity index (χ0) is 27.4. The third-order valence-corrected chi connectivity index (χ3v) is 10.6. The van der Waals surface area contributed by atoms with Gasteiger partial charge in [-0.2, -0.15) is 4.31 Å². The van der Waals surface area contributed by atoms with E-state index < -0.39 is 34.0 Å². The quantitative estimate of drug-likeness (QED) is 0.431. The van der Waals surface area contributed by atoms with E-state index in [4.69, 9.17) is 16.3 Å². The number of amides is 1. The molecule has 0 bridgehead atoms. The van der Waals surface area contributed by atoms with Crippen molar-refractivity contribution in [2.75, 3.05) is 32.8 Å². The van der Waals surface area contributed by atoms with Gasteiger partial charge in [0.25, 0.3) is 0 Å². The van der Waals surface area contributed by atoms with Crippen LogP contribution in [0.25, 0.3) is 0 Å². The Hall–Kier alpha value is -2.20. The fourth-order valence-electron chi connectivity index (χ4n) is 6.32. The van der Waals surface area contributed by atoms with Gasteiger partial charge in [0.2, 0.25) is 10.0 Å². The largest absolute Gasteiger partial charge is 0.448 e. The van der Waals surface area contributed by atoms with Gasteiger partial charge in [0.1, 0.15) is 12.4 Å². The number of benzene rings is 2. The number of carbonyl (C=O) groups excluding carboxylic acids is 1. The van der Waals surface area contributed by atoms with Crippen molar-refractivity contribution < 1.29 is 22.3 Å². The number of carbonyl (C=O) groups is 1. The van der Waals surface area contributed by atoms with Gasteiger partial charge in [-0.25, -0.2) is 17.6 Å². The van der Waals surface area contributed by atoms with Crippen molar-refractivity contribution in [3.63, 3.8) is 0 Å². The molecular formula is C29H37ClFN3O4S. The molecule has 2 atom stereocenters. The summed E-state index contributed by atoms with van der Waals surface area (Å²) in [4.78, 5) is 17.3. The summed E-state index contributed by atoms with van der Waals surface area (Å²) in [7, 11) is -4.04. The van der Waals surface area contributed by atoms with Crippen LogP contribution < -0.4 is 0 Å². The maximum Gasteiger partial charge on any atom is 0.409 e. The lowest BCUT2D eigenvalue weighted by molar-refractivity contribution is 0.0380. The summed E-state index contributed by atoms with van der Waals surface area (Å²) in [5, 5.41) is 0.423. The van der Waals surface area contributed by atoms with Crippen molar-refractivity contribution in [2.24, 2.45) is 0 Å². The van der Waals surface area contributed by atoms with Gasteiger partial charge in [-0.3, -0.25) is 4.90 Å². The predicted molar refractivity (Wildman–Crippen MR) is 149 cm³/mol. The maximum absolute atomic E-state index is 14.9. The van der Waals surface area contributed by atoms with Crippen LogP contribution in [-0.4, -0.2) is 73.5 Å². The van der Waals surface area contributed by atoms with Gasteiger partial charge >= 0.3 is 6.09 Å². The topological polar surface area (TPSA) is 70.2 Å². The zero-order valence-electron chi connectivity index (χ0n) is 22.2. The number of piperidine rings is 1. The minimum absolute atomic E-state index is 0.0744. The van der Waals surface area contributed by atoms with Crippen molar-refractivity contribution in [2.45, 2.75) is 74.4 Å². The number of nitrogens with zero attached hydrogens (tertiary/aromatic N) is 3. The average Bonchev–Trinajstić information content (AvgIpc) is 2.96. The highest BCUT2D eigenvalue weighted by Crippen LogP contribution is 2.40. The van der Waals surface area contributed by atoms with Crippen LogP contribution in [0.3, 0.4) is 0 Å². The summed E-state index contributed by atoms with van der Waals surface area (Å²) in [5.74, 6) is -0.452. The van der Waals surface area contributed by atoms with Crippen molar-refractivity contribution in [1.29, 1.82) is 0 Å². The summed E-state index contributed by atoms with van der Waals surface area (Å²) < 4.78 is 49.9. The van der Waals surface area contributed by atoms with E-state index in [2.05, 4.69) is 4.90 Å². The number of piperazine rings is 1. The molecule has 5 rings (SSSR count). The van der Waals surface area contributed by atoms with Gasteiger partial charge in [-0.15, -0.1) is 0 Å². The van der Waals surface area contributed by atoms with Gasteiger partial charge in [-0.05, 0) is 62.4 Å². The predicted octanol–water partition coefficient (Wildman–Crippen LogP) is 5.85. The van der Waals surface area contributed by atoms with Crippen LogP contribution in [0.15, 0.2) is 53.4 Å². The molecule has 0 N–H and O–H groups in total. The molecule has 2 heterocycles. The Morgan fingerprint density at radius 3 is 2.28 bits per heavy atom. The zero-order valence-corrected chi connectivity index (χ0v) is 23.8. The molecule has 2 saturated heterocycles. The molecule has 1 amide bonds. The van der Waals surface area contributed by atoms with Crippen molar-refractivity contribution in [3.8, 4) is 0 Å². The van der Waals surface area contributed by atoms with Crippen LogP contribution in [0.5, 0.6) is 0 Å². The highest BCUT2D eigenvalue weighted by molar-refractivity contribution is 7.89. The number of hydrogen-bond acceptors (Lipinski definition) is 5.